The van der Waals surface area contributed by atoms with Gasteiger partial charge in [-0.05, 0) is 25.2 Å². The van der Waals surface area contributed by atoms with Crippen LogP contribution in [0.2, 0.25) is 0 Å². The minimum atomic E-state index is 0.192. The van der Waals surface area contributed by atoms with Crippen molar-refractivity contribution in [2.45, 2.75) is 26.3 Å². The number of allylic oxidation sites excluding steroid dienone is 2. The molecule has 2 aliphatic rings. The lowest BCUT2D eigenvalue weighted by Gasteiger charge is -2.37. The Kier molecular flexibility index (Phi) is 3.94. The summed E-state index contributed by atoms with van der Waals surface area (Å²) in [5.41, 5.74) is 0. The Hall–Kier alpha value is -0.740. The SMILES string of the molecule is C=C1CC=C(C(=O)N2CCN(C(C)C)CC2)S1. The lowest BCUT2D eigenvalue weighted by molar-refractivity contribution is -0.128. The number of carbonyl (C=O) groups excluding carboxylic acids is 1. The molecule has 0 aromatic carbocycles. The predicted molar refractivity (Wildman–Crippen MR) is 72.7 cm³/mol. The van der Waals surface area contributed by atoms with E-state index in [9.17, 15) is 4.79 Å². The summed E-state index contributed by atoms with van der Waals surface area (Å²) in [4.78, 5) is 18.5. The lowest BCUT2D eigenvalue weighted by Crippen LogP contribution is -2.50. The number of thioether (sulfide) groups is 1. The third kappa shape index (κ3) is 2.93. The fourth-order valence-corrected chi connectivity index (χ4v) is 3.03. The number of nitrogens with zero attached hydrogens (tertiary/aromatic N) is 2. The molecule has 0 bridgehead atoms. The highest BCUT2D eigenvalue weighted by atomic mass is 32.2. The van der Waals surface area contributed by atoms with Gasteiger partial charge in [0.15, 0.2) is 0 Å². The van der Waals surface area contributed by atoms with Gasteiger partial charge in [0.25, 0.3) is 5.91 Å². The molecule has 94 valence electrons. The standard InChI is InChI=1S/C13H20N2OS/c1-10(2)14-6-8-15(9-7-14)13(16)12-5-4-11(3)17-12/h5,10H,3-4,6-9H2,1-2H3. The van der Waals surface area contributed by atoms with Crippen molar-refractivity contribution in [1.82, 2.24) is 9.80 Å². The van der Waals surface area contributed by atoms with Gasteiger partial charge in [0.1, 0.15) is 0 Å². The maximum Gasteiger partial charge on any atom is 0.260 e. The summed E-state index contributed by atoms with van der Waals surface area (Å²) >= 11 is 1.54. The van der Waals surface area contributed by atoms with Gasteiger partial charge in [0.2, 0.25) is 0 Å². The molecule has 0 aliphatic carbocycles. The number of amides is 1. The third-order valence-corrected chi connectivity index (χ3v) is 4.33. The van der Waals surface area contributed by atoms with Crippen molar-refractivity contribution >= 4 is 17.7 Å². The monoisotopic (exact) mass is 252 g/mol. The van der Waals surface area contributed by atoms with E-state index in [1.165, 1.54) is 11.8 Å². The second-order valence-corrected chi connectivity index (χ2v) is 6.06. The number of hydrogen-bond donors (Lipinski definition) is 0. The van der Waals surface area contributed by atoms with Crippen molar-refractivity contribution in [2.75, 3.05) is 26.2 Å². The molecule has 17 heavy (non-hydrogen) atoms. The molecule has 0 spiro atoms. The molecule has 2 rings (SSSR count). The molecule has 0 saturated carbocycles. The predicted octanol–water partition coefficient (Wildman–Crippen LogP) is 2.07. The van der Waals surface area contributed by atoms with Crippen LogP contribution in [0.5, 0.6) is 0 Å². The van der Waals surface area contributed by atoms with Crippen LogP contribution in [0.25, 0.3) is 0 Å². The third-order valence-electron chi connectivity index (χ3n) is 3.31. The van der Waals surface area contributed by atoms with E-state index >= 15 is 0 Å². The molecule has 4 heteroatoms. The van der Waals surface area contributed by atoms with Gasteiger partial charge in [-0.1, -0.05) is 24.4 Å². The Morgan fingerprint density at radius 1 is 1.35 bits per heavy atom. The van der Waals surface area contributed by atoms with E-state index in [0.717, 1.165) is 42.4 Å². The second-order valence-electron chi connectivity index (χ2n) is 4.84. The van der Waals surface area contributed by atoms with Crippen LogP contribution >= 0.6 is 11.8 Å². The highest BCUT2D eigenvalue weighted by molar-refractivity contribution is 8.07. The molecular formula is C13H20N2OS. The van der Waals surface area contributed by atoms with Gasteiger partial charge in [-0.25, -0.2) is 0 Å². The molecule has 0 atom stereocenters. The molecule has 0 N–H and O–H groups in total. The zero-order chi connectivity index (χ0) is 12.4. The smallest absolute Gasteiger partial charge is 0.260 e. The van der Waals surface area contributed by atoms with Crippen LogP contribution in [0.1, 0.15) is 20.3 Å². The minimum Gasteiger partial charge on any atom is -0.336 e. The Bertz CT molecular complexity index is 354. The van der Waals surface area contributed by atoms with E-state index in [1.807, 2.05) is 11.0 Å². The molecule has 0 aromatic heterocycles. The molecule has 2 heterocycles. The summed E-state index contributed by atoms with van der Waals surface area (Å²) in [6, 6.07) is 0.576. The van der Waals surface area contributed by atoms with Crippen LogP contribution in [0, 0.1) is 0 Å². The summed E-state index contributed by atoms with van der Waals surface area (Å²) in [5.74, 6) is 0.192. The van der Waals surface area contributed by atoms with Gasteiger partial charge in [0.05, 0.1) is 4.91 Å². The number of carbonyl (C=O) groups is 1. The van der Waals surface area contributed by atoms with E-state index in [-0.39, 0.29) is 5.91 Å². The molecule has 0 aromatic rings. The van der Waals surface area contributed by atoms with Gasteiger partial charge in [-0.15, -0.1) is 0 Å². The number of piperazine rings is 1. The van der Waals surface area contributed by atoms with Crippen molar-refractivity contribution < 1.29 is 4.79 Å². The van der Waals surface area contributed by atoms with Crippen LogP contribution < -0.4 is 0 Å². The van der Waals surface area contributed by atoms with E-state index in [0.29, 0.717) is 6.04 Å². The zero-order valence-electron chi connectivity index (χ0n) is 10.6. The van der Waals surface area contributed by atoms with Gasteiger partial charge in [-0.2, -0.15) is 0 Å². The van der Waals surface area contributed by atoms with Gasteiger partial charge in [-0.3, -0.25) is 9.69 Å². The maximum atomic E-state index is 12.2. The first kappa shape index (κ1) is 12.7. The summed E-state index contributed by atoms with van der Waals surface area (Å²) < 4.78 is 0. The highest BCUT2D eigenvalue weighted by Gasteiger charge is 2.26. The van der Waals surface area contributed by atoms with Crippen molar-refractivity contribution in [1.29, 1.82) is 0 Å². The molecular weight excluding hydrogens is 232 g/mol. The largest absolute Gasteiger partial charge is 0.336 e. The van der Waals surface area contributed by atoms with E-state index in [2.05, 4.69) is 25.3 Å². The summed E-state index contributed by atoms with van der Waals surface area (Å²) in [7, 11) is 0. The average Bonchev–Trinajstić information content (AvgIpc) is 2.75. The van der Waals surface area contributed by atoms with Gasteiger partial charge >= 0.3 is 0 Å². The molecule has 1 saturated heterocycles. The van der Waals surface area contributed by atoms with Gasteiger partial charge in [0, 0.05) is 32.2 Å². The quantitative estimate of drug-likeness (QED) is 0.752. The van der Waals surface area contributed by atoms with Crippen LogP contribution in [0.4, 0.5) is 0 Å². The molecule has 0 radical (unpaired) electrons. The van der Waals surface area contributed by atoms with Crippen LogP contribution in [-0.2, 0) is 4.79 Å². The van der Waals surface area contributed by atoms with Crippen molar-refractivity contribution in [3.8, 4) is 0 Å². The average molecular weight is 252 g/mol. The molecule has 2 aliphatic heterocycles. The molecule has 0 unspecified atom stereocenters. The summed E-state index contributed by atoms with van der Waals surface area (Å²) in [6.07, 6.45) is 2.85. The van der Waals surface area contributed by atoms with E-state index < -0.39 is 0 Å². The Labute approximate surface area is 108 Å². The molecule has 1 amide bonds. The maximum absolute atomic E-state index is 12.2. The molecule has 1 fully saturated rings. The van der Waals surface area contributed by atoms with Crippen molar-refractivity contribution in [3.63, 3.8) is 0 Å². The second kappa shape index (κ2) is 5.27. The highest BCUT2D eigenvalue weighted by Crippen LogP contribution is 2.35. The van der Waals surface area contributed by atoms with Gasteiger partial charge < -0.3 is 4.90 Å². The fourth-order valence-electron chi connectivity index (χ4n) is 2.17. The first-order valence-electron chi connectivity index (χ1n) is 6.17. The number of hydrogen-bond acceptors (Lipinski definition) is 3. The normalized spacial score (nSPS) is 22.2. The Balaban J connectivity index is 1.89. The lowest BCUT2D eigenvalue weighted by atomic mass is 10.2. The van der Waals surface area contributed by atoms with Crippen molar-refractivity contribution in [2.24, 2.45) is 0 Å². The summed E-state index contributed by atoms with van der Waals surface area (Å²) in [6.45, 7) is 12.0. The first-order valence-corrected chi connectivity index (χ1v) is 6.98. The van der Waals surface area contributed by atoms with E-state index in [1.54, 1.807) is 0 Å². The summed E-state index contributed by atoms with van der Waals surface area (Å²) in [5, 5.41) is 0. The number of rotatable bonds is 2. The van der Waals surface area contributed by atoms with E-state index in [4.69, 9.17) is 0 Å². The zero-order valence-corrected chi connectivity index (χ0v) is 11.4. The Morgan fingerprint density at radius 2 is 2.00 bits per heavy atom. The Morgan fingerprint density at radius 3 is 2.47 bits per heavy atom. The minimum absolute atomic E-state index is 0.192. The molecule has 3 nitrogen and oxygen atoms in total. The van der Waals surface area contributed by atoms with Crippen LogP contribution in [0.3, 0.4) is 0 Å². The van der Waals surface area contributed by atoms with Crippen molar-refractivity contribution in [3.05, 3.63) is 22.5 Å². The first-order chi connectivity index (χ1) is 8.08. The van der Waals surface area contributed by atoms with Crippen LogP contribution in [-0.4, -0.2) is 47.9 Å². The van der Waals surface area contributed by atoms with Crippen LogP contribution in [0.15, 0.2) is 22.5 Å². The topological polar surface area (TPSA) is 23.6 Å². The fraction of sp³-hybridized carbons (Fsp3) is 0.615.